The molecule has 0 spiro atoms. The molecule has 6 amide bonds. The molecule has 1 fully saturated rings. The molecule has 0 unspecified atom stereocenters. The van der Waals surface area contributed by atoms with Crippen LogP contribution < -0.4 is 10.2 Å². The first kappa shape index (κ1) is 17.5. The number of carbonyl (C=O) groups is 5. The first-order valence-corrected chi connectivity index (χ1v) is 8.34. The molecule has 0 saturated carbocycles. The minimum Gasteiger partial charge on any atom is -0.467 e. The Morgan fingerprint density at radius 2 is 1.75 bits per heavy atom. The second kappa shape index (κ2) is 6.65. The quantitative estimate of drug-likeness (QED) is 0.609. The fraction of sp³-hybridized carbons (Fsp3) is 0.167. The minimum atomic E-state index is -1.10. The van der Waals surface area contributed by atoms with Crippen LogP contribution in [0.5, 0.6) is 0 Å². The highest BCUT2D eigenvalue weighted by Gasteiger charge is 2.46. The van der Waals surface area contributed by atoms with Crippen LogP contribution in [0.4, 0.5) is 16.2 Å². The van der Waals surface area contributed by atoms with Gasteiger partial charge in [0.15, 0.2) is 0 Å². The van der Waals surface area contributed by atoms with E-state index in [1.165, 1.54) is 11.2 Å². The van der Waals surface area contributed by atoms with Gasteiger partial charge in [-0.1, -0.05) is 12.1 Å². The van der Waals surface area contributed by atoms with E-state index in [1.807, 2.05) is 0 Å². The number of fused-ring (bicyclic) bond motifs is 1. The van der Waals surface area contributed by atoms with E-state index in [9.17, 15) is 24.0 Å². The largest absolute Gasteiger partial charge is 0.467 e. The van der Waals surface area contributed by atoms with Crippen LogP contribution in [0.15, 0.2) is 47.1 Å². The Balaban J connectivity index is 1.53. The molecule has 2 aliphatic rings. The number of rotatable bonds is 4. The summed E-state index contributed by atoms with van der Waals surface area (Å²) in [6.07, 6.45) is 1.38. The lowest BCUT2D eigenvalue weighted by Gasteiger charge is -2.30. The maximum Gasteiger partial charge on any atom is 0.335 e. The zero-order valence-electron chi connectivity index (χ0n) is 14.5. The molecule has 28 heavy (non-hydrogen) atoms. The average molecular weight is 382 g/mol. The lowest BCUT2D eigenvalue weighted by atomic mass is 10.2. The van der Waals surface area contributed by atoms with Crippen molar-refractivity contribution in [2.24, 2.45) is 0 Å². The van der Waals surface area contributed by atoms with E-state index in [-0.39, 0.29) is 13.1 Å². The highest BCUT2D eigenvalue weighted by molar-refractivity contribution is 6.45. The third kappa shape index (κ3) is 2.90. The van der Waals surface area contributed by atoms with E-state index in [0.29, 0.717) is 26.9 Å². The lowest BCUT2D eigenvalue weighted by molar-refractivity contribution is -0.144. The van der Waals surface area contributed by atoms with Crippen molar-refractivity contribution in [1.29, 1.82) is 0 Å². The number of para-hydroxylation sites is 2. The molecule has 1 aromatic carbocycles. The van der Waals surface area contributed by atoms with Gasteiger partial charge in [0, 0.05) is 0 Å². The van der Waals surface area contributed by atoms with E-state index in [1.54, 1.807) is 36.4 Å². The van der Waals surface area contributed by atoms with Crippen LogP contribution in [0, 0.1) is 0 Å². The van der Waals surface area contributed by atoms with Crippen LogP contribution in [-0.4, -0.2) is 52.5 Å². The van der Waals surface area contributed by atoms with E-state index >= 15 is 0 Å². The van der Waals surface area contributed by atoms with Crippen molar-refractivity contribution in [2.75, 3.05) is 23.3 Å². The molecule has 2 aromatic rings. The first-order chi connectivity index (χ1) is 13.5. The van der Waals surface area contributed by atoms with E-state index in [2.05, 4.69) is 5.32 Å². The molecule has 1 N–H and O–H groups in total. The van der Waals surface area contributed by atoms with E-state index in [0.717, 1.165) is 0 Å². The molecule has 0 bridgehead atoms. The topological polar surface area (TPSA) is 120 Å². The number of imide groups is 2. The second-order valence-corrected chi connectivity index (χ2v) is 6.19. The van der Waals surface area contributed by atoms with Gasteiger partial charge in [0.25, 0.3) is 0 Å². The number of urea groups is 1. The average Bonchev–Trinajstić information content (AvgIpc) is 3.26. The molecule has 142 valence electrons. The van der Waals surface area contributed by atoms with Crippen molar-refractivity contribution in [3.63, 3.8) is 0 Å². The van der Waals surface area contributed by atoms with Crippen LogP contribution in [0.3, 0.4) is 0 Å². The molecular weight excluding hydrogens is 368 g/mol. The summed E-state index contributed by atoms with van der Waals surface area (Å²) >= 11 is 0. The van der Waals surface area contributed by atoms with Gasteiger partial charge in [0.2, 0.25) is 11.8 Å². The molecule has 4 rings (SSSR count). The third-order valence-corrected chi connectivity index (χ3v) is 4.39. The maximum absolute atomic E-state index is 12.7. The van der Waals surface area contributed by atoms with Gasteiger partial charge in [-0.15, -0.1) is 0 Å². The van der Waals surface area contributed by atoms with Crippen molar-refractivity contribution in [3.8, 4) is 0 Å². The van der Waals surface area contributed by atoms with Crippen LogP contribution >= 0.6 is 0 Å². The Morgan fingerprint density at radius 3 is 2.50 bits per heavy atom. The fourth-order valence-electron chi connectivity index (χ4n) is 3.06. The number of amides is 6. The number of nitrogens with zero attached hydrogens (tertiary/aromatic N) is 3. The summed E-state index contributed by atoms with van der Waals surface area (Å²) in [4.78, 5) is 63.9. The number of nitrogens with one attached hydrogen (secondary N) is 1. The Bertz CT molecular complexity index is 999. The van der Waals surface area contributed by atoms with Gasteiger partial charge in [0.05, 0.1) is 24.2 Å². The van der Waals surface area contributed by atoms with Crippen molar-refractivity contribution >= 4 is 41.0 Å². The van der Waals surface area contributed by atoms with Crippen molar-refractivity contribution < 1.29 is 28.4 Å². The fourth-order valence-corrected chi connectivity index (χ4v) is 3.06. The van der Waals surface area contributed by atoms with E-state index < -0.39 is 36.2 Å². The van der Waals surface area contributed by atoms with Crippen molar-refractivity contribution in [3.05, 3.63) is 48.4 Å². The summed E-state index contributed by atoms with van der Waals surface area (Å²) in [7, 11) is 0. The number of hydrogen-bond donors (Lipinski definition) is 1. The normalized spacial score (nSPS) is 16.5. The van der Waals surface area contributed by atoms with Crippen molar-refractivity contribution in [2.45, 2.75) is 6.54 Å². The maximum atomic E-state index is 12.7. The van der Waals surface area contributed by atoms with E-state index in [4.69, 9.17) is 4.42 Å². The van der Waals surface area contributed by atoms with Crippen LogP contribution in [0.1, 0.15) is 5.76 Å². The first-order valence-electron chi connectivity index (χ1n) is 8.34. The molecule has 0 atom stereocenters. The third-order valence-electron chi connectivity index (χ3n) is 4.39. The molecule has 10 nitrogen and oxygen atoms in total. The lowest BCUT2D eigenvalue weighted by Crippen LogP contribution is -2.48. The van der Waals surface area contributed by atoms with Crippen molar-refractivity contribution in [1.82, 2.24) is 9.80 Å². The number of benzene rings is 1. The molecule has 0 aliphatic carbocycles. The number of anilines is 2. The number of hydrogen-bond acceptors (Lipinski definition) is 6. The molecule has 10 heteroatoms. The number of carbonyl (C=O) groups excluding carboxylic acids is 5. The predicted octanol–water partition coefficient (Wildman–Crippen LogP) is 0.556. The van der Waals surface area contributed by atoms with Gasteiger partial charge >= 0.3 is 17.8 Å². The second-order valence-electron chi connectivity index (χ2n) is 6.19. The summed E-state index contributed by atoms with van der Waals surface area (Å²) < 4.78 is 5.09. The summed E-state index contributed by atoms with van der Waals surface area (Å²) in [6.45, 7) is -1.12. The van der Waals surface area contributed by atoms with Crippen LogP contribution in [0.25, 0.3) is 0 Å². The summed E-state index contributed by atoms with van der Waals surface area (Å²) in [6, 6.07) is 8.89. The molecular formula is C18H14N4O6. The van der Waals surface area contributed by atoms with Gasteiger partial charge in [-0.25, -0.2) is 14.6 Å². The Hall–Kier alpha value is -3.95. The van der Waals surface area contributed by atoms with Crippen LogP contribution in [-0.2, 0) is 25.7 Å². The van der Waals surface area contributed by atoms with Gasteiger partial charge < -0.3 is 9.73 Å². The minimum absolute atomic E-state index is 0.212. The van der Waals surface area contributed by atoms with Crippen LogP contribution in [0.2, 0.25) is 0 Å². The van der Waals surface area contributed by atoms with Gasteiger partial charge in [0.1, 0.15) is 18.8 Å². The van der Waals surface area contributed by atoms with Gasteiger partial charge in [-0.05, 0) is 24.3 Å². The highest BCUT2D eigenvalue weighted by atomic mass is 16.3. The SMILES string of the molecule is O=C1CN(C(=O)CN2C(=O)C(=O)N(Cc3ccco3)C2=O)c2ccccc2N1. The molecule has 2 aliphatic heterocycles. The summed E-state index contributed by atoms with van der Waals surface area (Å²) in [5, 5.41) is 2.64. The zero-order valence-corrected chi connectivity index (χ0v) is 14.5. The Kier molecular flexibility index (Phi) is 4.15. The zero-order chi connectivity index (χ0) is 19.8. The summed E-state index contributed by atoms with van der Waals surface area (Å²) in [5.41, 5.74) is 0.895. The summed E-state index contributed by atoms with van der Waals surface area (Å²) in [5.74, 6) is -2.87. The van der Waals surface area contributed by atoms with Gasteiger partial charge in [-0.3, -0.25) is 24.1 Å². The molecule has 1 saturated heterocycles. The Labute approximate surface area is 158 Å². The molecule has 3 heterocycles. The highest BCUT2D eigenvalue weighted by Crippen LogP contribution is 2.29. The van der Waals surface area contributed by atoms with Gasteiger partial charge in [-0.2, -0.15) is 0 Å². The molecule has 0 radical (unpaired) electrons. The predicted molar refractivity (Wildman–Crippen MR) is 93.8 cm³/mol. The standard InChI is InChI=1S/C18H14N4O6/c23-14-9-20(13-6-2-1-5-12(13)19-14)15(24)10-22-17(26)16(25)21(18(22)27)8-11-4-3-7-28-11/h1-7H,8-10H2,(H,19,23). The Morgan fingerprint density at radius 1 is 1.00 bits per heavy atom. The molecule has 1 aromatic heterocycles. The monoisotopic (exact) mass is 382 g/mol. The number of furan rings is 1. The smallest absolute Gasteiger partial charge is 0.335 e.